The molecule has 1 rings (SSSR count). The summed E-state index contributed by atoms with van der Waals surface area (Å²) in [5, 5.41) is 0. The normalized spacial score (nSPS) is 8.50. The number of hydrogen-bond donors (Lipinski definition) is 0. The van der Waals surface area contributed by atoms with Crippen molar-refractivity contribution < 1.29 is 22.4 Å². The molecule has 0 aromatic heterocycles. The third-order valence-electron chi connectivity index (χ3n) is 1.23. The molecule has 0 heterocycles. The van der Waals surface area contributed by atoms with Crippen molar-refractivity contribution in [3.8, 4) is 0 Å². The molecular formula is C8H9AuS. The first-order valence-corrected chi connectivity index (χ1v) is 3.63. The Kier molecular flexibility index (Phi) is 6.24. The third kappa shape index (κ3) is 3.47. The van der Waals surface area contributed by atoms with Gasteiger partial charge in [0.25, 0.3) is 0 Å². The molecule has 0 unspecified atom stereocenters. The minimum Gasteiger partial charge on any atom is -0.792 e. The smallest absolute Gasteiger partial charge is 0.792 e. The first-order valence-electron chi connectivity index (χ1n) is 3.05. The summed E-state index contributed by atoms with van der Waals surface area (Å²) in [7, 11) is 0. The fraction of sp³-hybridized carbons (Fsp3) is 0.250. The summed E-state index contributed by atoms with van der Waals surface area (Å²) in [6.45, 7) is 0. The molecule has 0 nitrogen and oxygen atoms in total. The minimum atomic E-state index is 0. The predicted molar refractivity (Wildman–Crippen MR) is 42.4 cm³/mol. The molecule has 1 aromatic rings. The Labute approximate surface area is 82.9 Å². The molecule has 0 aliphatic rings. The summed E-state index contributed by atoms with van der Waals surface area (Å²) in [6, 6.07) is 10.3. The molecule has 0 radical (unpaired) electrons. The third-order valence-corrected chi connectivity index (χ3v) is 1.44. The molecule has 0 fully saturated rings. The van der Waals surface area contributed by atoms with Crippen LogP contribution in [0.5, 0.6) is 0 Å². The Morgan fingerprint density at radius 1 is 1.10 bits per heavy atom. The maximum absolute atomic E-state index is 4.83. The van der Waals surface area contributed by atoms with Crippen LogP contribution in [0.1, 0.15) is 5.56 Å². The van der Waals surface area contributed by atoms with Crippen molar-refractivity contribution in [2.75, 3.05) is 5.75 Å². The van der Waals surface area contributed by atoms with Crippen LogP contribution in [-0.2, 0) is 41.4 Å². The number of benzene rings is 1. The molecular weight excluding hydrogens is 325 g/mol. The Morgan fingerprint density at radius 3 is 2.20 bits per heavy atom. The average Bonchev–Trinajstić information content (AvgIpc) is 1.91. The Morgan fingerprint density at radius 2 is 1.70 bits per heavy atom. The molecule has 0 atom stereocenters. The second kappa shape index (κ2) is 6.05. The van der Waals surface area contributed by atoms with Crippen molar-refractivity contribution in [2.45, 2.75) is 6.42 Å². The molecule has 0 aliphatic carbocycles. The van der Waals surface area contributed by atoms with E-state index in [-0.39, 0.29) is 22.4 Å². The standard InChI is InChI=1S/C8H10S.Au/c9-7-6-8-4-2-1-3-5-8;/h1-5,9H,6-7H2;/q;+1/p-1. The number of rotatable bonds is 2. The van der Waals surface area contributed by atoms with Gasteiger partial charge in [0.05, 0.1) is 0 Å². The van der Waals surface area contributed by atoms with Gasteiger partial charge in [0.15, 0.2) is 0 Å². The van der Waals surface area contributed by atoms with Crippen LogP contribution in [0.3, 0.4) is 0 Å². The van der Waals surface area contributed by atoms with Crippen molar-refractivity contribution in [2.24, 2.45) is 0 Å². The van der Waals surface area contributed by atoms with E-state index in [0.29, 0.717) is 0 Å². The van der Waals surface area contributed by atoms with Crippen LogP contribution in [0.4, 0.5) is 0 Å². The number of hydrogen-bond acceptors (Lipinski definition) is 1. The fourth-order valence-electron chi connectivity index (χ4n) is 0.763. The quantitative estimate of drug-likeness (QED) is 0.587. The van der Waals surface area contributed by atoms with E-state index < -0.39 is 0 Å². The second-order valence-electron chi connectivity index (χ2n) is 1.94. The van der Waals surface area contributed by atoms with Crippen LogP contribution in [-0.4, -0.2) is 5.75 Å². The van der Waals surface area contributed by atoms with E-state index in [1.54, 1.807) is 0 Å². The van der Waals surface area contributed by atoms with Gasteiger partial charge in [-0.1, -0.05) is 30.3 Å². The molecule has 0 saturated carbocycles. The molecule has 0 bridgehead atoms. The Balaban J connectivity index is 0.000000810. The minimum absolute atomic E-state index is 0. The summed E-state index contributed by atoms with van der Waals surface area (Å²) < 4.78 is 0. The van der Waals surface area contributed by atoms with Gasteiger partial charge in [0, 0.05) is 0 Å². The van der Waals surface area contributed by atoms with Gasteiger partial charge < -0.3 is 12.6 Å². The largest absolute Gasteiger partial charge is 1.00 e. The van der Waals surface area contributed by atoms with Crippen molar-refractivity contribution >= 4 is 12.6 Å². The van der Waals surface area contributed by atoms with E-state index in [0.717, 1.165) is 12.2 Å². The van der Waals surface area contributed by atoms with E-state index in [1.807, 2.05) is 18.2 Å². The van der Waals surface area contributed by atoms with Gasteiger partial charge >= 0.3 is 22.4 Å². The van der Waals surface area contributed by atoms with Gasteiger partial charge in [-0.05, 0) is 12.0 Å². The van der Waals surface area contributed by atoms with Gasteiger partial charge in [-0.3, -0.25) is 0 Å². The average molecular weight is 334 g/mol. The number of aryl methyl sites for hydroxylation is 1. The van der Waals surface area contributed by atoms with Crippen molar-refractivity contribution in [1.29, 1.82) is 0 Å². The fourth-order valence-corrected chi connectivity index (χ4v) is 0.998. The molecule has 10 heavy (non-hydrogen) atoms. The van der Waals surface area contributed by atoms with Crippen molar-refractivity contribution in [3.05, 3.63) is 35.9 Å². The zero-order valence-electron chi connectivity index (χ0n) is 5.51. The van der Waals surface area contributed by atoms with Crippen LogP contribution in [0.25, 0.3) is 0 Å². The molecule has 2 heteroatoms. The zero-order chi connectivity index (χ0) is 6.53. The van der Waals surface area contributed by atoms with E-state index in [2.05, 4.69) is 12.1 Å². The summed E-state index contributed by atoms with van der Waals surface area (Å²) >= 11 is 4.83. The first-order chi connectivity index (χ1) is 4.43. The molecule has 0 N–H and O–H groups in total. The van der Waals surface area contributed by atoms with Gasteiger partial charge in [-0.15, -0.1) is 0 Å². The van der Waals surface area contributed by atoms with Crippen molar-refractivity contribution in [3.63, 3.8) is 0 Å². The summed E-state index contributed by atoms with van der Waals surface area (Å²) in [4.78, 5) is 0. The van der Waals surface area contributed by atoms with E-state index in [4.69, 9.17) is 12.6 Å². The van der Waals surface area contributed by atoms with Crippen LogP contribution in [0.2, 0.25) is 0 Å². The second-order valence-corrected chi connectivity index (χ2v) is 2.35. The Bertz CT molecular complexity index is 162. The van der Waals surface area contributed by atoms with E-state index in [9.17, 15) is 0 Å². The van der Waals surface area contributed by atoms with Crippen LogP contribution in [0.15, 0.2) is 30.3 Å². The summed E-state index contributed by atoms with van der Waals surface area (Å²) in [5.74, 6) is 0.823. The molecule has 0 saturated heterocycles. The monoisotopic (exact) mass is 334 g/mol. The van der Waals surface area contributed by atoms with Crippen LogP contribution in [0, 0.1) is 0 Å². The zero-order valence-corrected chi connectivity index (χ0v) is 8.49. The molecule has 0 spiro atoms. The molecule has 0 amide bonds. The van der Waals surface area contributed by atoms with E-state index in [1.165, 1.54) is 5.56 Å². The predicted octanol–water partition coefficient (Wildman–Crippen LogP) is 1.77. The van der Waals surface area contributed by atoms with Gasteiger partial charge in [0.2, 0.25) is 0 Å². The molecule has 58 valence electrons. The van der Waals surface area contributed by atoms with Gasteiger partial charge in [-0.25, -0.2) is 0 Å². The van der Waals surface area contributed by atoms with Crippen LogP contribution < -0.4 is 0 Å². The van der Waals surface area contributed by atoms with Crippen LogP contribution >= 0.6 is 0 Å². The first kappa shape index (κ1) is 10.3. The maximum atomic E-state index is 4.83. The van der Waals surface area contributed by atoms with Crippen molar-refractivity contribution in [1.82, 2.24) is 0 Å². The molecule has 0 aliphatic heterocycles. The van der Waals surface area contributed by atoms with Gasteiger partial charge in [-0.2, -0.15) is 5.75 Å². The summed E-state index contributed by atoms with van der Waals surface area (Å²) in [6.07, 6.45) is 1.02. The maximum Gasteiger partial charge on any atom is 1.00 e. The Hall–Kier alpha value is 0.310. The van der Waals surface area contributed by atoms with E-state index >= 15 is 0 Å². The summed E-state index contributed by atoms with van der Waals surface area (Å²) in [5.41, 5.74) is 1.34. The topological polar surface area (TPSA) is 0 Å². The molecule has 1 aromatic carbocycles. The van der Waals surface area contributed by atoms with Gasteiger partial charge in [0.1, 0.15) is 0 Å². The SMILES string of the molecule is [Au+].[S-]CCc1ccccc1.